The zero-order chi connectivity index (χ0) is 14.7. The highest BCUT2D eigenvalue weighted by molar-refractivity contribution is 7.10. The van der Waals surface area contributed by atoms with Gasteiger partial charge in [-0.05, 0) is 24.4 Å². The summed E-state index contributed by atoms with van der Waals surface area (Å²) in [6, 6.07) is 2.32. The third kappa shape index (κ3) is 3.22. The highest BCUT2D eigenvalue weighted by Crippen LogP contribution is 2.29. The Morgan fingerprint density at radius 1 is 1.55 bits per heavy atom. The van der Waals surface area contributed by atoms with Crippen molar-refractivity contribution in [3.8, 4) is 6.07 Å². The summed E-state index contributed by atoms with van der Waals surface area (Å²) in [4.78, 5) is 13.8. The number of nitrogens with zero attached hydrogens (tertiary/aromatic N) is 3. The summed E-state index contributed by atoms with van der Waals surface area (Å²) in [6.45, 7) is 5.35. The predicted molar refractivity (Wildman–Crippen MR) is 79.9 cm³/mol. The second-order valence-electron chi connectivity index (χ2n) is 5.19. The maximum Gasteiger partial charge on any atom is 0.225 e. The Hall–Kier alpha value is -1.32. The van der Waals surface area contributed by atoms with Crippen LogP contribution in [0, 0.1) is 17.2 Å². The molecule has 1 aromatic rings. The maximum atomic E-state index is 11.9. The van der Waals surface area contributed by atoms with Gasteiger partial charge in [0, 0.05) is 25.0 Å². The Morgan fingerprint density at radius 3 is 2.75 bits per heavy atom. The maximum absolute atomic E-state index is 11.9. The molecule has 0 saturated carbocycles. The van der Waals surface area contributed by atoms with Crippen molar-refractivity contribution in [1.29, 1.82) is 5.26 Å². The van der Waals surface area contributed by atoms with Crippen molar-refractivity contribution in [3.05, 3.63) is 10.7 Å². The molecule has 0 spiro atoms. The summed E-state index contributed by atoms with van der Waals surface area (Å²) in [5, 5.41) is 13.3. The number of nitrogens with one attached hydrogen (secondary N) is 1. The number of hydrogen-bond acceptors (Lipinski definition) is 5. The molecule has 1 N–H and O–H groups in total. The average Bonchev–Trinajstić information content (AvgIpc) is 2.79. The number of halogens is 1. The van der Waals surface area contributed by atoms with E-state index in [-0.39, 0.29) is 23.0 Å². The third-order valence-electron chi connectivity index (χ3n) is 3.40. The first-order valence-electron chi connectivity index (χ1n) is 6.63. The number of hydrogen-bond donors (Lipinski definition) is 1. The van der Waals surface area contributed by atoms with Gasteiger partial charge in [-0.25, -0.2) is 0 Å². The summed E-state index contributed by atoms with van der Waals surface area (Å²) in [6.07, 6.45) is 1.75. The lowest BCUT2D eigenvalue weighted by molar-refractivity contribution is -0.135. The molecule has 2 heterocycles. The number of nitriles is 1. The first kappa shape index (κ1) is 15.1. The fourth-order valence-electron chi connectivity index (χ4n) is 2.26. The first-order valence-corrected chi connectivity index (χ1v) is 7.78. The van der Waals surface area contributed by atoms with E-state index < -0.39 is 0 Å². The molecule has 0 atom stereocenters. The van der Waals surface area contributed by atoms with Crippen molar-refractivity contribution >= 4 is 34.0 Å². The monoisotopic (exact) mass is 312 g/mol. The molecule has 0 unspecified atom stereocenters. The molecule has 0 aliphatic carbocycles. The molecule has 0 radical (unpaired) electrons. The number of amides is 1. The van der Waals surface area contributed by atoms with Crippen molar-refractivity contribution in [1.82, 2.24) is 9.27 Å². The molecule has 1 aromatic heterocycles. The molecule has 1 saturated heterocycles. The van der Waals surface area contributed by atoms with Crippen LogP contribution >= 0.6 is 23.1 Å². The summed E-state index contributed by atoms with van der Waals surface area (Å²) in [5.74, 6) is 0.256. The normalized spacial score (nSPS) is 16.2. The molecular formula is C13H17ClN4OS. The number of carbonyl (C=O) groups is 1. The van der Waals surface area contributed by atoms with Crippen LogP contribution in [0.5, 0.6) is 0 Å². The molecule has 20 heavy (non-hydrogen) atoms. The van der Waals surface area contributed by atoms with E-state index >= 15 is 0 Å². The molecule has 1 aliphatic heterocycles. The Balaban J connectivity index is 1.92. The summed E-state index contributed by atoms with van der Waals surface area (Å²) >= 11 is 7.06. The second kappa shape index (κ2) is 6.42. The van der Waals surface area contributed by atoms with E-state index in [1.807, 2.05) is 18.7 Å². The fourth-order valence-corrected chi connectivity index (χ4v) is 3.27. The average molecular weight is 313 g/mol. The topological polar surface area (TPSA) is 69.0 Å². The minimum Gasteiger partial charge on any atom is -0.372 e. The Morgan fingerprint density at radius 2 is 2.20 bits per heavy atom. The van der Waals surface area contributed by atoms with Gasteiger partial charge in [-0.15, -0.1) is 0 Å². The van der Waals surface area contributed by atoms with Crippen molar-refractivity contribution < 1.29 is 4.79 Å². The van der Waals surface area contributed by atoms with Gasteiger partial charge in [0.2, 0.25) is 5.91 Å². The molecule has 0 aromatic carbocycles. The summed E-state index contributed by atoms with van der Waals surface area (Å²) in [5.41, 5.74) is 0.414. The van der Waals surface area contributed by atoms with E-state index in [1.54, 1.807) is 0 Å². The highest BCUT2D eigenvalue weighted by atomic mass is 35.5. The van der Waals surface area contributed by atoms with Crippen molar-refractivity contribution in [2.24, 2.45) is 5.92 Å². The quantitative estimate of drug-likeness (QED) is 0.931. The van der Waals surface area contributed by atoms with E-state index in [0.29, 0.717) is 5.56 Å². The fraction of sp³-hybridized carbons (Fsp3) is 0.615. The van der Waals surface area contributed by atoms with Crippen LogP contribution in [0.15, 0.2) is 0 Å². The lowest BCUT2D eigenvalue weighted by Gasteiger charge is -2.33. The van der Waals surface area contributed by atoms with Gasteiger partial charge in [0.05, 0.1) is 0 Å². The van der Waals surface area contributed by atoms with E-state index in [4.69, 9.17) is 16.9 Å². The number of anilines is 1. The zero-order valence-corrected chi connectivity index (χ0v) is 13.1. The van der Waals surface area contributed by atoms with Gasteiger partial charge in [-0.3, -0.25) is 4.79 Å². The number of carbonyl (C=O) groups excluding carboxylic acids is 1. The van der Waals surface area contributed by atoms with Gasteiger partial charge in [-0.1, -0.05) is 25.4 Å². The molecule has 7 heteroatoms. The number of aromatic nitrogens is 1. The molecular weight excluding hydrogens is 296 g/mol. The Labute approximate surface area is 127 Å². The van der Waals surface area contributed by atoms with Crippen LogP contribution in [-0.2, 0) is 4.79 Å². The standard InChI is InChI=1S/C13H17ClN4OS/c1-8(2)13(19)18-5-3-9(4-6-18)16-12-10(7-15)11(14)17-20-12/h8-9,16H,3-6H2,1-2H3. The van der Waals surface area contributed by atoms with Crippen molar-refractivity contribution in [2.45, 2.75) is 32.7 Å². The van der Waals surface area contributed by atoms with Crippen LogP contribution in [0.1, 0.15) is 32.3 Å². The van der Waals surface area contributed by atoms with Crippen LogP contribution in [0.3, 0.4) is 0 Å². The highest BCUT2D eigenvalue weighted by Gasteiger charge is 2.25. The van der Waals surface area contributed by atoms with Crippen molar-refractivity contribution in [2.75, 3.05) is 18.4 Å². The molecule has 1 aliphatic rings. The summed E-state index contributed by atoms with van der Waals surface area (Å²) < 4.78 is 3.98. The molecule has 5 nitrogen and oxygen atoms in total. The Bertz CT molecular complexity index is 529. The van der Waals surface area contributed by atoms with Gasteiger partial charge in [0.15, 0.2) is 5.15 Å². The second-order valence-corrected chi connectivity index (χ2v) is 6.32. The van der Waals surface area contributed by atoms with Crippen LogP contribution in [-0.4, -0.2) is 34.3 Å². The smallest absolute Gasteiger partial charge is 0.225 e. The molecule has 0 bridgehead atoms. The van der Waals surface area contributed by atoms with Gasteiger partial charge in [-0.2, -0.15) is 9.64 Å². The van der Waals surface area contributed by atoms with E-state index in [1.165, 1.54) is 11.5 Å². The number of piperidine rings is 1. The Kier molecular flexibility index (Phi) is 4.84. The lowest BCUT2D eigenvalue weighted by Crippen LogP contribution is -2.43. The molecule has 1 fully saturated rings. The van der Waals surface area contributed by atoms with E-state index in [0.717, 1.165) is 30.9 Å². The SMILES string of the molecule is CC(C)C(=O)N1CCC(Nc2snc(Cl)c2C#N)CC1. The van der Waals surface area contributed by atoms with E-state index in [9.17, 15) is 4.79 Å². The molecule has 2 rings (SSSR count). The predicted octanol–water partition coefficient (Wildman–Crippen LogP) is 2.73. The third-order valence-corrected chi connectivity index (χ3v) is 4.55. The molecule has 1 amide bonds. The molecule has 108 valence electrons. The van der Waals surface area contributed by atoms with Crippen LogP contribution in [0.4, 0.5) is 5.00 Å². The van der Waals surface area contributed by atoms with Crippen LogP contribution in [0.25, 0.3) is 0 Å². The van der Waals surface area contributed by atoms with Gasteiger partial charge in [0.1, 0.15) is 16.6 Å². The number of likely N-dealkylation sites (tertiary alicyclic amines) is 1. The van der Waals surface area contributed by atoms with Gasteiger partial charge in [0.25, 0.3) is 0 Å². The van der Waals surface area contributed by atoms with Gasteiger partial charge < -0.3 is 10.2 Å². The largest absolute Gasteiger partial charge is 0.372 e. The van der Waals surface area contributed by atoms with Crippen LogP contribution < -0.4 is 5.32 Å². The van der Waals surface area contributed by atoms with E-state index in [2.05, 4.69) is 15.8 Å². The van der Waals surface area contributed by atoms with Crippen molar-refractivity contribution in [3.63, 3.8) is 0 Å². The van der Waals surface area contributed by atoms with Crippen LogP contribution in [0.2, 0.25) is 5.15 Å². The number of rotatable bonds is 3. The summed E-state index contributed by atoms with van der Waals surface area (Å²) in [7, 11) is 0. The minimum atomic E-state index is 0.0463. The first-order chi connectivity index (χ1) is 9.52. The lowest BCUT2D eigenvalue weighted by atomic mass is 10.0. The van der Waals surface area contributed by atoms with Gasteiger partial charge >= 0.3 is 0 Å². The minimum absolute atomic E-state index is 0.0463. The zero-order valence-electron chi connectivity index (χ0n) is 11.5.